The number of ether oxygens (including phenoxy) is 1. The first-order valence-corrected chi connectivity index (χ1v) is 16.2. The monoisotopic (exact) mass is 631 g/mol. The first kappa shape index (κ1) is 39.6. The maximum absolute atomic E-state index is 13.8. The van der Waals surface area contributed by atoms with Crippen LogP contribution in [-0.2, 0) is 30.4 Å². The molecule has 1 aromatic carbocycles. The number of carbonyl (C=O) groups excluding carboxylic acids is 5. The van der Waals surface area contributed by atoms with Crippen molar-refractivity contribution in [1.29, 1.82) is 0 Å². The summed E-state index contributed by atoms with van der Waals surface area (Å²) in [6.45, 7) is 16.5. The molecule has 45 heavy (non-hydrogen) atoms. The van der Waals surface area contributed by atoms with Crippen molar-refractivity contribution in [2.45, 2.75) is 131 Å². The molecule has 1 aromatic rings. The lowest BCUT2D eigenvalue weighted by Gasteiger charge is -2.43. The van der Waals surface area contributed by atoms with E-state index in [4.69, 9.17) is 16.2 Å². The van der Waals surface area contributed by atoms with Gasteiger partial charge in [-0.15, -0.1) is 0 Å². The minimum atomic E-state index is -1.03. The predicted octanol–water partition coefficient (Wildman–Crippen LogP) is 3.51. The smallest absolute Gasteiger partial charge is 0.328 e. The van der Waals surface area contributed by atoms with E-state index in [1.165, 1.54) is 0 Å². The number of hydrogen-bond acceptors (Lipinski definition) is 7. The van der Waals surface area contributed by atoms with Gasteiger partial charge in [0, 0.05) is 18.4 Å². The molecule has 0 aromatic heterocycles. The highest BCUT2D eigenvalue weighted by molar-refractivity contribution is 5.93. The summed E-state index contributed by atoms with van der Waals surface area (Å²) < 4.78 is 5.38. The Kier molecular flexibility index (Phi) is 15.7. The van der Waals surface area contributed by atoms with Crippen molar-refractivity contribution in [3.05, 3.63) is 29.8 Å². The van der Waals surface area contributed by atoms with E-state index in [-0.39, 0.29) is 30.6 Å². The molecule has 0 bridgehead atoms. The maximum Gasteiger partial charge on any atom is 0.328 e. The Bertz CT molecular complexity index is 1150. The summed E-state index contributed by atoms with van der Waals surface area (Å²) in [6, 6.07) is 3.99. The normalized spacial score (nSPS) is 15.6. The largest absolute Gasteiger partial charge is 0.425 e. The molecule has 11 nitrogen and oxygen atoms in total. The van der Waals surface area contributed by atoms with Crippen molar-refractivity contribution in [3.8, 4) is 5.75 Å². The molecule has 0 aliphatic carbocycles. The summed E-state index contributed by atoms with van der Waals surface area (Å²) in [5.41, 5.74) is 10.3. The molecular formula is C34H57N5O6. The van der Waals surface area contributed by atoms with Crippen LogP contribution in [0.4, 0.5) is 0 Å². The Labute approximate surface area is 269 Å². The highest BCUT2D eigenvalue weighted by atomic mass is 16.5. The number of amides is 4. The van der Waals surface area contributed by atoms with Gasteiger partial charge in [0.2, 0.25) is 23.6 Å². The molecule has 7 N–H and O–H groups in total. The number of carbonyl (C=O) groups is 5. The van der Waals surface area contributed by atoms with Gasteiger partial charge in [0.25, 0.3) is 0 Å². The summed E-state index contributed by atoms with van der Waals surface area (Å²) in [5.74, 6) is -2.30. The Morgan fingerprint density at radius 2 is 1.49 bits per heavy atom. The molecule has 0 spiro atoms. The highest BCUT2D eigenvalue weighted by Crippen LogP contribution is 2.34. The molecule has 5 atom stereocenters. The zero-order chi connectivity index (χ0) is 34.5. The summed E-state index contributed by atoms with van der Waals surface area (Å²) >= 11 is 0. The van der Waals surface area contributed by atoms with E-state index >= 15 is 0 Å². The van der Waals surface area contributed by atoms with E-state index in [0.717, 1.165) is 12.8 Å². The molecule has 11 heteroatoms. The predicted molar refractivity (Wildman–Crippen MR) is 176 cm³/mol. The number of unbranched alkanes of at least 4 members (excludes halogenated alkanes) is 2. The zero-order valence-electron chi connectivity index (χ0n) is 28.8. The topological polar surface area (TPSA) is 183 Å². The molecule has 1 rings (SSSR count). The molecular weight excluding hydrogens is 574 g/mol. The quantitative estimate of drug-likeness (QED) is 0.0879. The molecule has 0 aliphatic heterocycles. The van der Waals surface area contributed by atoms with Crippen LogP contribution in [-0.4, -0.2) is 53.3 Å². The van der Waals surface area contributed by atoms with Gasteiger partial charge in [-0.1, -0.05) is 72.9 Å². The van der Waals surface area contributed by atoms with Crippen molar-refractivity contribution in [2.24, 2.45) is 28.7 Å². The van der Waals surface area contributed by atoms with Crippen LogP contribution in [0.1, 0.15) is 106 Å². The van der Waals surface area contributed by atoms with Gasteiger partial charge < -0.3 is 32.2 Å². The van der Waals surface area contributed by atoms with Gasteiger partial charge in [-0.05, 0) is 63.1 Å². The van der Waals surface area contributed by atoms with Gasteiger partial charge in [0.15, 0.2) is 0 Å². The Morgan fingerprint density at radius 3 is 1.98 bits per heavy atom. The third-order valence-corrected chi connectivity index (χ3v) is 9.09. The molecule has 0 heterocycles. The van der Waals surface area contributed by atoms with Gasteiger partial charge in [0.05, 0.1) is 5.41 Å². The lowest BCUT2D eigenvalue weighted by molar-refractivity contribution is -0.138. The van der Waals surface area contributed by atoms with Crippen molar-refractivity contribution in [1.82, 2.24) is 16.0 Å². The number of esters is 1. The van der Waals surface area contributed by atoms with Crippen LogP contribution < -0.4 is 32.2 Å². The average Bonchev–Trinajstić information content (AvgIpc) is 2.98. The van der Waals surface area contributed by atoms with E-state index in [0.29, 0.717) is 30.6 Å². The van der Waals surface area contributed by atoms with E-state index in [9.17, 15) is 24.0 Å². The number of primary amides is 1. The highest BCUT2D eigenvalue weighted by Gasteiger charge is 2.46. The van der Waals surface area contributed by atoms with Crippen molar-refractivity contribution < 1.29 is 28.7 Å². The fourth-order valence-electron chi connectivity index (χ4n) is 4.80. The van der Waals surface area contributed by atoms with Crippen molar-refractivity contribution in [2.75, 3.05) is 0 Å². The second-order valence-electron chi connectivity index (χ2n) is 13.2. The lowest BCUT2D eigenvalue weighted by atomic mass is 9.70. The third kappa shape index (κ3) is 11.4. The molecule has 0 radical (unpaired) electrons. The lowest BCUT2D eigenvalue weighted by Crippen LogP contribution is -2.64. The van der Waals surface area contributed by atoms with E-state index < -0.39 is 52.8 Å². The van der Waals surface area contributed by atoms with E-state index in [1.807, 2.05) is 41.5 Å². The molecule has 254 valence electrons. The van der Waals surface area contributed by atoms with Crippen LogP contribution in [0, 0.1) is 17.3 Å². The van der Waals surface area contributed by atoms with Gasteiger partial charge in [-0.3, -0.25) is 19.2 Å². The maximum atomic E-state index is 13.8. The summed E-state index contributed by atoms with van der Waals surface area (Å²) in [4.78, 5) is 64.9. The molecule has 0 saturated carbocycles. The first-order valence-electron chi connectivity index (χ1n) is 16.2. The van der Waals surface area contributed by atoms with E-state index in [2.05, 4.69) is 16.0 Å². The number of hydrogen-bond donors (Lipinski definition) is 5. The van der Waals surface area contributed by atoms with Gasteiger partial charge in [-0.25, -0.2) is 4.79 Å². The van der Waals surface area contributed by atoms with Crippen molar-refractivity contribution in [3.63, 3.8) is 0 Å². The van der Waals surface area contributed by atoms with Crippen LogP contribution in [0.25, 0.3) is 0 Å². The minimum Gasteiger partial charge on any atom is -0.425 e. The van der Waals surface area contributed by atoms with Gasteiger partial charge in [-0.2, -0.15) is 0 Å². The number of nitrogens with one attached hydrogen (secondary N) is 3. The summed E-state index contributed by atoms with van der Waals surface area (Å²) in [6.07, 6.45) is 3.94. The van der Waals surface area contributed by atoms with Crippen LogP contribution in [0.5, 0.6) is 5.75 Å². The summed E-state index contributed by atoms with van der Waals surface area (Å²) in [5, 5.41) is 8.69. The number of nitrogens with two attached hydrogens (primary N) is 2. The average molecular weight is 632 g/mol. The standard InChI is InChI=1S/C34H57N5O6/c1-10-13-14-15-26(40)37-25(20-23-16-18-24(19-17-23)45-31(43)27(35)21(4)5)29(41)38-28(22(6)11-2)30(42)39-33(7,8)34(9,12-3)32(36)44/h16-19,21-22,25,27-28H,10-15,20,35H2,1-9H3,(H2,36,44)(H,37,40)(H,38,41)(H,39,42). The SMILES string of the molecule is CCCCCC(=O)NC(Cc1ccc(OC(=O)C(N)C(C)C)cc1)C(=O)NC(C(=O)NC(C)(C)C(C)(CC)C(N)=O)C(C)CC. The number of rotatable bonds is 19. The fourth-order valence-corrected chi connectivity index (χ4v) is 4.80. The van der Waals surface area contributed by atoms with E-state index in [1.54, 1.807) is 45.0 Å². The molecule has 0 aliphatic rings. The third-order valence-electron chi connectivity index (χ3n) is 9.09. The van der Waals surface area contributed by atoms with Crippen LogP contribution in [0.15, 0.2) is 24.3 Å². The van der Waals surface area contributed by atoms with Crippen LogP contribution in [0.3, 0.4) is 0 Å². The summed E-state index contributed by atoms with van der Waals surface area (Å²) in [7, 11) is 0. The van der Waals surface area contributed by atoms with Crippen LogP contribution >= 0.6 is 0 Å². The zero-order valence-corrected chi connectivity index (χ0v) is 28.8. The molecule has 5 unspecified atom stereocenters. The fraction of sp³-hybridized carbons (Fsp3) is 0.676. The minimum absolute atomic E-state index is 0.0799. The number of benzene rings is 1. The second kappa shape index (κ2) is 17.9. The second-order valence-corrected chi connectivity index (χ2v) is 13.2. The molecule has 0 fully saturated rings. The van der Waals surface area contributed by atoms with Crippen molar-refractivity contribution >= 4 is 29.6 Å². The van der Waals surface area contributed by atoms with Gasteiger partial charge >= 0.3 is 5.97 Å². The molecule has 0 saturated heterocycles. The van der Waals surface area contributed by atoms with Crippen LogP contribution in [0.2, 0.25) is 0 Å². The Balaban J connectivity index is 3.25. The van der Waals surface area contributed by atoms with Gasteiger partial charge in [0.1, 0.15) is 23.9 Å². The Morgan fingerprint density at radius 1 is 0.889 bits per heavy atom. The molecule has 4 amide bonds. The Hall–Kier alpha value is -3.47. The first-order chi connectivity index (χ1) is 20.9.